The minimum absolute atomic E-state index is 0.00653. The van der Waals surface area contributed by atoms with E-state index in [1.54, 1.807) is 0 Å². The number of fused-ring (bicyclic) bond motifs is 1. The van der Waals surface area contributed by atoms with E-state index < -0.39 is 5.41 Å². The summed E-state index contributed by atoms with van der Waals surface area (Å²) in [5.41, 5.74) is 0.734. The fourth-order valence-corrected chi connectivity index (χ4v) is 4.37. The van der Waals surface area contributed by atoms with Crippen LogP contribution in [0.2, 0.25) is 0 Å². The van der Waals surface area contributed by atoms with Gasteiger partial charge in [-0.15, -0.1) is 13.2 Å². The highest BCUT2D eigenvalue weighted by Crippen LogP contribution is 2.49. The molecule has 0 spiro atoms. The zero-order valence-corrected chi connectivity index (χ0v) is 14.5. The van der Waals surface area contributed by atoms with E-state index in [9.17, 15) is 4.79 Å². The Kier molecular flexibility index (Phi) is 4.91. The van der Waals surface area contributed by atoms with E-state index in [1.165, 1.54) is 0 Å². The maximum Gasteiger partial charge on any atom is 0.232 e. The van der Waals surface area contributed by atoms with Crippen LogP contribution in [0.3, 0.4) is 0 Å². The Hall–Kier alpha value is -1.87. The molecule has 24 heavy (non-hydrogen) atoms. The molecule has 0 aliphatic carbocycles. The molecule has 128 valence electrons. The van der Waals surface area contributed by atoms with Crippen LogP contribution < -0.4 is 0 Å². The summed E-state index contributed by atoms with van der Waals surface area (Å²) in [5.74, 6) is 0.555. The lowest BCUT2D eigenvalue weighted by Crippen LogP contribution is -2.55. The van der Waals surface area contributed by atoms with Crippen molar-refractivity contribution < 1.29 is 9.53 Å². The molecule has 0 N–H and O–H groups in total. The summed E-state index contributed by atoms with van der Waals surface area (Å²) < 4.78 is 6.10. The van der Waals surface area contributed by atoms with Gasteiger partial charge in [0.05, 0.1) is 18.1 Å². The Labute approximate surface area is 145 Å². The van der Waals surface area contributed by atoms with Gasteiger partial charge in [0.15, 0.2) is 0 Å². The van der Waals surface area contributed by atoms with E-state index in [0.717, 1.165) is 18.4 Å². The van der Waals surface area contributed by atoms with Crippen LogP contribution in [0.1, 0.15) is 44.2 Å². The molecular weight excluding hydrogens is 298 g/mol. The minimum atomic E-state index is -0.415. The maximum atomic E-state index is 13.5. The van der Waals surface area contributed by atoms with E-state index in [1.807, 2.05) is 35.3 Å². The number of carbonyl (C=O) groups is 1. The molecule has 1 aromatic rings. The van der Waals surface area contributed by atoms with E-state index in [2.05, 4.69) is 32.2 Å². The number of hydrogen-bond acceptors (Lipinski definition) is 2. The van der Waals surface area contributed by atoms with Gasteiger partial charge in [-0.1, -0.05) is 49.4 Å². The molecule has 2 saturated heterocycles. The van der Waals surface area contributed by atoms with E-state index in [-0.39, 0.29) is 18.2 Å². The number of carbonyl (C=O) groups excluding carboxylic acids is 1. The van der Waals surface area contributed by atoms with Gasteiger partial charge < -0.3 is 9.64 Å². The van der Waals surface area contributed by atoms with Gasteiger partial charge in [-0.25, -0.2) is 0 Å². The summed E-state index contributed by atoms with van der Waals surface area (Å²) in [6.45, 7) is 10.6. The van der Waals surface area contributed by atoms with Gasteiger partial charge in [-0.2, -0.15) is 0 Å². The fraction of sp³-hybridized carbons (Fsp3) is 0.476. The summed E-state index contributed by atoms with van der Waals surface area (Å²) in [4.78, 5) is 15.5. The molecule has 0 aromatic heterocycles. The molecule has 3 nitrogen and oxygen atoms in total. The van der Waals surface area contributed by atoms with Gasteiger partial charge in [0, 0.05) is 5.92 Å². The third-order valence-electron chi connectivity index (χ3n) is 5.56. The van der Waals surface area contributed by atoms with Crippen molar-refractivity contribution in [1.29, 1.82) is 0 Å². The zero-order valence-electron chi connectivity index (χ0n) is 14.5. The lowest BCUT2D eigenvalue weighted by atomic mass is 9.68. The van der Waals surface area contributed by atoms with Crippen molar-refractivity contribution in [3.8, 4) is 0 Å². The standard InChI is InChI=1S/C21H27NO2/c1-4-12-21(13-5-2)14-16(6-3)19-22(20(21)23)18(15-24-19)17-10-8-7-9-11-17/h4-5,7-11,16,18-19H,1-2,6,12-15H2,3H3/t16-,18+,19+/m1/s1. The second kappa shape index (κ2) is 6.94. The van der Waals surface area contributed by atoms with Gasteiger partial charge in [-0.3, -0.25) is 4.79 Å². The van der Waals surface area contributed by atoms with Crippen LogP contribution in [-0.4, -0.2) is 23.6 Å². The largest absolute Gasteiger partial charge is 0.355 e. The number of nitrogens with zero attached hydrogens (tertiary/aromatic N) is 1. The number of hydrogen-bond donors (Lipinski definition) is 0. The van der Waals surface area contributed by atoms with E-state index >= 15 is 0 Å². The van der Waals surface area contributed by atoms with Crippen LogP contribution in [0.25, 0.3) is 0 Å². The van der Waals surface area contributed by atoms with Gasteiger partial charge in [0.1, 0.15) is 6.23 Å². The first kappa shape index (κ1) is 17.0. The average molecular weight is 325 g/mol. The lowest BCUT2D eigenvalue weighted by Gasteiger charge is -2.47. The molecule has 1 amide bonds. The molecule has 0 bridgehead atoms. The molecule has 2 aliphatic rings. The van der Waals surface area contributed by atoms with Crippen molar-refractivity contribution in [2.24, 2.45) is 11.3 Å². The Morgan fingerprint density at radius 1 is 1.25 bits per heavy atom. The molecule has 0 radical (unpaired) electrons. The van der Waals surface area contributed by atoms with Crippen molar-refractivity contribution >= 4 is 5.91 Å². The quantitative estimate of drug-likeness (QED) is 0.722. The normalized spacial score (nSPS) is 28.5. The summed E-state index contributed by atoms with van der Waals surface area (Å²) in [6.07, 6.45) is 6.90. The molecule has 3 heteroatoms. The number of rotatable bonds is 6. The predicted octanol–water partition coefficient (Wildman–Crippen LogP) is 4.48. The fourth-order valence-electron chi connectivity index (χ4n) is 4.37. The number of allylic oxidation sites excluding steroid dienone is 2. The van der Waals surface area contributed by atoms with Crippen molar-refractivity contribution in [2.75, 3.05) is 6.61 Å². The average Bonchev–Trinajstić information content (AvgIpc) is 3.04. The zero-order chi connectivity index (χ0) is 17.2. The Balaban J connectivity index is 2.00. The van der Waals surface area contributed by atoms with Crippen LogP contribution in [-0.2, 0) is 9.53 Å². The second-order valence-electron chi connectivity index (χ2n) is 7.00. The Morgan fingerprint density at radius 3 is 2.50 bits per heavy atom. The first-order valence-corrected chi connectivity index (χ1v) is 8.88. The minimum Gasteiger partial charge on any atom is -0.355 e. The molecule has 0 saturated carbocycles. The van der Waals surface area contributed by atoms with Crippen molar-refractivity contribution in [3.05, 3.63) is 61.2 Å². The predicted molar refractivity (Wildman–Crippen MR) is 96.2 cm³/mol. The third kappa shape index (κ3) is 2.71. The second-order valence-corrected chi connectivity index (χ2v) is 7.00. The van der Waals surface area contributed by atoms with E-state index in [0.29, 0.717) is 25.4 Å². The highest BCUT2D eigenvalue weighted by Gasteiger charge is 2.54. The molecule has 2 fully saturated rings. The van der Waals surface area contributed by atoms with Crippen LogP contribution in [0.4, 0.5) is 0 Å². The Morgan fingerprint density at radius 2 is 1.92 bits per heavy atom. The molecule has 2 aliphatic heterocycles. The van der Waals surface area contributed by atoms with Gasteiger partial charge in [-0.05, 0) is 31.2 Å². The molecule has 1 aromatic carbocycles. The third-order valence-corrected chi connectivity index (χ3v) is 5.56. The van der Waals surface area contributed by atoms with Crippen molar-refractivity contribution in [2.45, 2.75) is 44.9 Å². The summed E-state index contributed by atoms with van der Waals surface area (Å²) >= 11 is 0. The summed E-state index contributed by atoms with van der Waals surface area (Å²) in [7, 11) is 0. The summed E-state index contributed by atoms with van der Waals surface area (Å²) in [5, 5.41) is 0. The van der Waals surface area contributed by atoms with Crippen molar-refractivity contribution in [1.82, 2.24) is 4.90 Å². The van der Waals surface area contributed by atoms with Crippen LogP contribution in [0.5, 0.6) is 0 Å². The lowest BCUT2D eigenvalue weighted by molar-refractivity contribution is -0.164. The highest BCUT2D eigenvalue weighted by atomic mass is 16.5. The van der Waals surface area contributed by atoms with Crippen LogP contribution >= 0.6 is 0 Å². The smallest absolute Gasteiger partial charge is 0.232 e. The van der Waals surface area contributed by atoms with Crippen LogP contribution in [0.15, 0.2) is 55.6 Å². The first-order valence-electron chi connectivity index (χ1n) is 8.88. The maximum absolute atomic E-state index is 13.5. The van der Waals surface area contributed by atoms with Gasteiger partial charge in [0.2, 0.25) is 5.91 Å². The number of ether oxygens (including phenoxy) is 1. The van der Waals surface area contributed by atoms with Crippen LogP contribution in [0, 0.1) is 11.3 Å². The molecule has 3 rings (SSSR count). The van der Waals surface area contributed by atoms with Gasteiger partial charge in [0.25, 0.3) is 0 Å². The highest BCUT2D eigenvalue weighted by molar-refractivity contribution is 5.85. The molecule has 2 heterocycles. The monoisotopic (exact) mass is 325 g/mol. The SMILES string of the molecule is C=CCC1(CC=C)C[C@@H](CC)[C@@H]2OC[C@@H](c3ccccc3)N2C1=O. The molecule has 3 atom stereocenters. The van der Waals surface area contributed by atoms with E-state index in [4.69, 9.17) is 4.74 Å². The number of amides is 1. The molecule has 0 unspecified atom stereocenters. The summed E-state index contributed by atoms with van der Waals surface area (Å²) in [6, 6.07) is 10.2. The van der Waals surface area contributed by atoms with Gasteiger partial charge >= 0.3 is 0 Å². The first-order chi connectivity index (χ1) is 11.7. The van der Waals surface area contributed by atoms with Crippen molar-refractivity contribution in [3.63, 3.8) is 0 Å². The topological polar surface area (TPSA) is 29.5 Å². The number of benzene rings is 1. The Bertz CT molecular complexity index is 600. The molecular formula is C21H27NO2. The number of piperidine rings is 1.